The first-order valence-corrected chi connectivity index (χ1v) is 6.95. The minimum atomic E-state index is 0.382. The monoisotopic (exact) mass is 239 g/mol. The van der Waals surface area contributed by atoms with Crippen LogP contribution in [0.15, 0.2) is 24.3 Å². The van der Waals surface area contributed by atoms with Gasteiger partial charge in [0.1, 0.15) is 5.75 Å². The number of ether oxygens (including phenoxy) is 1. The van der Waals surface area contributed by atoms with Crippen LogP contribution in [0, 0.1) is 0 Å². The van der Waals surface area contributed by atoms with Crippen molar-refractivity contribution in [3.63, 3.8) is 0 Å². The van der Waals surface area contributed by atoms with Gasteiger partial charge in [0.15, 0.2) is 0 Å². The zero-order valence-electron chi connectivity index (χ0n) is 10.5. The molecule has 16 heavy (non-hydrogen) atoms. The summed E-state index contributed by atoms with van der Waals surface area (Å²) in [6.07, 6.45) is 2.14. The van der Waals surface area contributed by atoms with Crippen molar-refractivity contribution in [2.75, 3.05) is 19.1 Å². The van der Waals surface area contributed by atoms with Gasteiger partial charge in [-0.2, -0.15) is 11.8 Å². The van der Waals surface area contributed by atoms with Crippen LogP contribution in [0.2, 0.25) is 0 Å². The molecule has 0 fully saturated rings. The van der Waals surface area contributed by atoms with E-state index in [1.54, 1.807) is 7.11 Å². The van der Waals surface area contributed by atoms with Crippen molar-refractivity contribution in [2.45, 2.75) is 25.9 Å². The van der Waals surface area contributed by atoms with Gasteiger partial charge in [0.2, 0.25) is 0 Å². The minimum Gasteiger partial charge on any atom is -0.497 e. The maximum atomic E-state index is 5.14. The fourth-order valence-electron chi connectivity index (χ4n) is 1.71. The zero-order valence-corrected chi connectivity index (χ0v) is 11.3. The molecule has 0 aliphatic rings. The molecule has 0 saturated carbocycles. The molecule has 2 atom stereocenters. The lowest BCUT2D eigenvalue weighted by Gasteiger charge is -2.19. The summed E-state index contributed by atoms with van der Waals surface area (Å²) in [5, 5.41) is 3.57. The molecule has 0 unspecified atom stereocenters. The third kappa shape index (κ3) is 4.06. The maximum absolute atomic E-state index is 5.14. The molecule has 1 N–H and O–H groups in total. The molecule has 0 aliphatic heterocycles. The Bertz CT molecular complexity index is 299. The van der Waals surface area contributed by atoms with Gasteiger partial charge in [-0.15, -0.1) is 0 Å². The molecular formula is C13H21NOS. The molecule has 0 bridgehead atoms. The Morgan fingerprint density at radius 3 is 2.38 bits per heavy atom. The van der Waals surface area contributed by atoms with Gasteiger partial charge in [-0.25, -0.2) is 0 Å². The van der Waals surface area contributed by atoms with Gasteiger partial charge in [0.05, 0.1) is 7.11 Å². The number of benzene rings is 1. The third-order valence-corrected chi connectivity index (χ3v) is 3.40. The average molecular weight is 239 g/mol. The fourth-order valence-corrected chi connectivity index (χ4v) is 2.31. The number of methoxy groups -OCH3 is 1. The minimum absolute atomic E-state index is 0.382. The standard InChI is InChI=1S/C13H21NOS/c1-10(9-16-4)14-11(2)12-5-7-13(15-3)8-6-12/h5-8,10-11,14H,9H2,1-4H3/t10-,11-/m0/s1. The average Bonchev–Trinajstić information content (AvgIpc) is 2.29. The second kappa shape index (κ2) is 6.81. The second-order valence-electron chi connectivity index (χ2n) is 4.02. The van der Waals surface area contributed by atoms with Gasteiger partial charge in [0, 0.05) is 17.8 Å². The number of hydrogen-bond acceptors (Lipinski definition) is 3. The SMILES string of the molecule is COc1ccc([C@H](C)N[C@@H](C)CSC)cc1. The fraction of sp³-hybridized carbons (Fsp3) is 0.538. The summed E-state index contributed by atoms with van der Waals surface area (Å²) in [5.74, 6) is 2.05. The highest BCUT2D eigenvalue weighted by atomic mass is 32.2. The normalized spacial score (nSPS) is 14.5. The van der Waals surface area contributed by atoms with Crippen LogP contribution in [0.4, 0.5) is 0 Å². The van der Waals surface area contributed by atoms with Crippen molar-refractivity contribution in [1.29, 1.82) is 0 Å². The number of thioether (sulfide) groups is 1. The van der Waals surface area contributed by atoms with Crippen LogP contribution in [0.1, 0.15) is 25.5 Å². The van der Waals surface area contributed by atoms with E-state index in [2.05, 4.69) is 37.6 Å². The molecule has 1 rings (SSSR count). The Balaban J connectivity index is 2.55. The molecule has 0 aliphatic carbocycles. The molecule has 3 heteroatoms. The second-order valence-corrected chi connectivity index (χ2v) is 4.93. The quantitative estimate of drug-likeness (QED) is 0.824. The van der Waals surface area contributed by atoms with Crippen LogP contribution < -0.4 is 10.1 Å². The van der Waals surface area contributed by atoms with Gasteiger partial charge in [0.25, 0.3) is 0 Å². The van der Waals surface area contributed by atoms with Crippen molar-refractivity contribution >= 4 is 11.8 Å². The van der Waals surface area contributed by atoms with Gasteiger partial charge < -0.3 is 10.1 Å². The van der Waals surface area contributed by atoms with Gasteiger partial charge in [-0.1, -0.05) is 12.1 Å². The molecule has 1 aromatic rings. The lowest BCUT2D eigenvalue weighted by molar-refractivity contribution is 0.414. The van der Waals surface area contributed by atoms with E-state index in [-0.39, 0.29) is 0 Å². The first-order valence-electron chi connectivity index (χ1n) is 5.56. The molecule has 0 radical (unpaired) electrons. The van der Waals surface area contributed by atoms with E-state index in [0.29, 0.717) is 12.1 Å². The van der Waals surface area contributed by atoms with Crippen molar-refractivity contribution in [3.8, 4) is 5.75 Å². The number of rotatable bonds is 6. The highest BCUT2D eigenvalue weighted by molar-refractivity contribution is 7.98. The molecule has 0 saturated heterocycles. The predicted octanol–water partition coefficient (Wildman–Crippen LogP) is 3.10. The lowest BCUT2D eigenvalue weighted by Crippen LogP contribution is -2.30. The number of hydrogen-bond donors (Lipinski definition) is 1. The van der Waals surface area contributed by atoms with Crippen molar-refractivity contribution in [1.82, 2.24) is 5.32 Å². The van der Waals surface area contributed by atoms with E-state index >= 15 is 0 Å². The van der Waals surface area contributed by atoms with E-state index in [4.69, 9.17) is 4.74 Å². The summed E-state index contributed by atoms with van der Waals surface area (Å²) >= 11 is 1.87. The predicted molar refractivity (Wildman–Crippen MR) is 72.4 cm³/mol. The first-order chi connectivity index (χ1) is 7.67. The van der Waals surface area contributed by atoms with E-state index in [0.717, 1.165) is 11.5 Å². The molecule has 90 valence electrons. The molecule has 1 aromatic carbocycles. The summed E-state index contributed by atoms with van der Waals surface area (Å²) < 4.78 is 5.14. The Labute approximate surface area is 103 Å². The van der Waals surface area contributed by atoms with Crippen molar-refractivity contribution in [2.24, 2.45) is 0 Å². The highest BCUT2D eigenvalue weighted by Crippen LogP contribution is 2.17. The topological polar surface area (TPSA) is 21.3 Å². The van der Waals surface area contributed by atoms with Crippen LogP contribution in [0.25, 0.3) is 0 Å². The van der Waals surface area contributed by atoms with Gasteiger partial charge >= 0.3 is 0 Å². The third-order valence-electron chi connectivity index (χ3n) is 2.57. The molecule has 0 heterocycles. The van der Waals surface area contributed by atoms with Crippen LogP contribution in [-0.2, 0) is 0 Å². The van der Waals surface area contributed by atoms with Crippen LogP contribution in [-0.4, -0.2) is 25.2 Å². The summed E-state index contributed by atoms with van der Waals surface area (Å²) in [4.78, 5) is 0. The van der Waals surface area contributed by atoms with E-state index in [9.17, 15) is 0 Å². The first kappa shape index (κ1) is 13.4. The molecule has 2 nitrogen and oxygen atoms in total. The molecule has 0 spiro atoms. The van der Waals surface area contributed by atoms with Crippen LogP contribution in [0.5, 0.6) is 5.75 Å². The van der Waals surface area contributed by atoms with Crippen molar-refractivity contribution in [3.05, 3.63) is 29.8 Å². The van der Waals surface area contributed by atoms with E-state index in [1.165, 1.54) is 5.56 Å². The zero-order chi connectivity index (χ0) is 12.0. The van der Waals surface area contributed by atoms with Gasteiger partial charge in [-0.05, 0) is 37.8 Å². The Kier molecular flexibility index (Phi) is 5.71. The smallest absolute Gasteiger partial charge is 0.118 e. The highest BCUT2D eigenvalue weighted by Gasteiger charge is 2.08. The summed E-state index contributed by atoms with van der Waals surface area (Å²) in [7, 11) is 1.69. The van der Waals surface area contributed by atoms with E-state index < -0.39 is 0 Å². The molecule has 0 amide bonds. The van der Waals surface area contributed by atoms with Crippen LogP contribution in [0.3, 0.4) is 0 Å². The van der Waals surface area contributed by atoms with E-state index in [1.807, 2.05) is 23.9 Å². The van der Waals surface area contributed by atoms with Crippen molar-refractivity contribution < 1.29 is 4.74 Å². The lowest BCUT2D eigenvalue weighted by atomic mass is 10.1. The summed E-state index contributed by atoms with van der Waals surface area (Å²) in [6, 6.07) is 9.16. The number of nitrogens with one attached hydrogen (secondary N) is 1. The Morgan fingerprint density at radius 2 is 1.88 bits per heavy atom. The van der Waals surface area contributed by atoms with Gasteiger partial charge in [-0.3, -0.25) is 0 Å². The Hall–Kier alpha value is -0.670. The summed E-state index contributed by atoms with van der Waals surface area (Å²) in [6.45, 7) is 4.41. The Morgan fingerprint density at radius 1 is 1.25 bits per heavy atom. The van der Waals surface area contributed by atoms with Crippen LogP contribution >= 0.6 is 11.8 Å². The summed E-state index contributed by atoms with van der Waals surface area (Å²) in [5.41, 5.74) is 1.30. The molecule has 0 aromatic heterocycles. The molecular weight excluding hydrogens is 218 g/mol. The largest absolute Gasteiger partial charge is 0.497 e. The maximum Gasteiger partial charge on any atom is 0.118 e.